The van der Waals surface area contributed by atoms with Crippen LogP contribution < -0.4 is 4.74 Å². The molecule has 0 amide bonds. The Bertz CT molecular complexity index is 618. The fraction of sp³-hybridized carbons (Fsp3) is 0.0667. The van der Waals surface area contributed by atoms with Gasteiger partial charge in [-0.2, -0.15) is 0 Å². The molecule has 3 nitrogen and oxygen atoms in total. The van der Waals surface area contributed by atoms with Crippen LogP contribution in [0.3, 0.4) is 0 Å². The van der Waals surface area contributed by atoms with E-state index in [1.165, 1.54) is 0 Å². The molecule has 0 aliphatic heterocycles. The normalized spacial score (nSPS) is 10.3. The van der Waals surface area contributed by atoms with Gasteiger partial charge in [0.2, 0.25) is 11.1 Å². The second-order valence-electron chi connectivity index (χ2n) is 3.84. The predicted molar refractivity (Wildman–Crippen MR) is 79.9 cm³/mol. The van der Waals surface area contributed by atoms with E-state index in [0.29, 0.717) is 18.0 Å². The summed E-state index contributed by atoms with van der Waals surface area (Å²) in [5.41, 5.74) is 1.52. The third kappa shape index (κ3) is 3.94. The minimum Gasteiger partial charge on any atom is -0.482 e. The first-order chi connectivity index (χ1) is 9.29. The highest BCUT2D eigenvalue weighted by atomic mass is 79.9. The van der Waals surface area contributed by atoms with Gasteiger partial charge in [-0.05, 0) is 23.8 Å². The lowest BCUT2D eigenvalue weighted by Gasteiger charge is -2.00. The average Bonchev–Trinajstić information content (AvgIpc) is 2.46. The highest BCUT2D eigenvalue weighted by Crippen LogP contribution is 2.30. The van der Waals surface area contributed by atoms with Crippen molar-refractivity contribution >= 4 is 27.7 Å². The molecule has 94 valence electrons. The number of diazo groups is 1. The first-order valence-electron chi connectivity index (χ1n) is 5.78. The number of hydrogen-bond donors (Lipinski definition) is 0. The predicted octanol–water partition coefficient (Wildman–Crippen LogP) is 5.03. The van der Waals surface area contributed by atoms with Gasteiger partial charge in [0.15, 0.2) is 4.98 Å². The summed E-state index contributed by atoms with van der Waals surface area (Å²) >= 11 is 3.31. The Balaban J connectivity index is 1.97. The van der Waals surface area contributed by atoms with E-state index < -0.39 is 0 Å². The van der Waals surface area contributed by atoms with Crippen molar-refractivity contribution in [3.05, 3.63) is 69.6 Å². The van der Waals surface area contributed by atoms with Gasteiger partial charge in [-0.25, -0.2) is 0 Å². The van der Waals surface area contributed by atoms with Crippen LogP contribution in [-0.2, 0) is 0 Å². The molecule has 4 heteroatoms. The Hall–Kier alpha value is -2.12. The number of nitrogens with zero attached hydrogens (tertiary/aromatic N) is 2. The molecular weight excluding hydrogens is 304 g/mol. The van der Waals surface area contributed by atoms with Gasteiger partial charge in [-0.3, -0.25) is 0 Å². The summed E-state index contributed by atoms with van der Waals surface area (Å²) in [7, 11) is 0. The number of rotatable bonds is 4. The summed E-state index contributed by atoms with van der Waals surface area (Å²) in [5.74, 6) is 0.545. The van der Waals surface area contributed by atoms with Crippen molar-refractivity contribution in [1.82, 2.24) is 0 Å². The Morgan fingerprint density at radius 3 is 2.68 bits per heavy atom. The fourth-order valence-corrected chi connectivity index (χ4v) is 1.93. The van der Waals surface area contributed by atoms with Crippen LogP contribution in [0.4, 0.5) is 5.69 Å². The number of ether oxygens (including phenoxy) is 1. The van der Waals surface area contributed by atoms with Crippen LogP contribution in [0.25, 0.3) is 11.1 Å². The van der Waals surface area contributed by atoms with Crippen LogP contribution in [0.5, 0.6) is 5.75 Å². The highest BCUT2D eigenvalue weighted by Gasteiger charge is 2.14. The molecule has 0 aromatic heterocycles. The standard InChI is InChI=1S/C15H12BrN2O/c16-13-8-9-15(14(11-13)18-17)19-10-4-7-12-5-2-1-3-6-12/h1-9,11H,10H2/q+1/b7-4+. The lowest BCUT2D eigenvalue weighted by atomic mass is 10.2. The molecule has 0 aliphatic carbocycles. The van der Waals surface area contributed by atoms with Gasteiger partial charge in [0, 0.05) is 4.47 Å². The zero-order valence-corrected chi connectivity index (χ0v) is 11.7. The summed E-state index contributed by atoms with van der Waals surface area (Å²) < 4.78 is 6.38. The van der Waals surface area contributed by atoms with E-state index in [1.54, 1.807) is 12.1 Å². The maximum absolute atomic E-state index is 8.88. The van der Waals surface area contributed by atoms with Crippen molar-refractivity contribution < 1.29 is 4.74 Å². The fourth-order valence-electron chi connectivity index (χ4n) is 1.58. The smallest absolute Gasteiger partial charge is 0.427 e. The van der Waals surface area contributed by atoms with Crippen LogP contribution in [0.2, 0.25) is 0 Å². The Labute approximate surface area is 120 Å². The molecule has 2 rings (SSSR count). The van der Waals surface area contributed by atoms with Crippen LogP contribution in [0.15, 0.2) is 59.1 Å². The summed E-state index contributed by atoms with van der Waals surface area (Å²) in [4.78, 5) is 3.19. The third-order valence-corrected chi connectivity index (χ3v) is 2.97. The average molecular weight is 316 g/mol. The Kier molecular flexibility index (Phi) is 4.71. The maximum atomic E-state index is 8.88. The molecule has 0 bridgehead atoms. The van der Waals surface area contributed by atoms with Crippen LogP contribution in [0, 0.1) is 5.39 Å². The Morgan fingerprint density at radius 2 is 1.95 bits per heavy atom. The Morgan fingerprint density at radius 1 is 1.16 bits per heavy atom. The van der Waals surface area contributed by atoms with Crippen molar-refractivity contribution in [2.45, 2.75) is 0 Å². The second kappa shape index (κ2) is 6.72. The molecule has 0 saturated heterocycles. The van der Waals surface area contributed by atoms with Crippen molar-refractivity contribution in [2.24, 2.45) is 0 Å². The van der Waals surface area contributed by atoms with E-state index in [-0.39, 0.29) is 0 Å². The molecule has 0 radical (unpaired) electrons. The molecule has 19 heavy (non-hydrogen) atoms. The first-order valence-corrected chi connectivity index (χ1v) is 6.58. The van der Waals surface area contributed by atoms with Gasteiger partial charge in [0.05, 0.1) is 6.07 Å². The van der Waals surface area contributed by atoms with Gasteiger partial charge in [-0.15, -0.1) is 0 Å². The maximum Gasteiger partial charge on any atom is 0.427 e. The number of hydrogen-bond acceptors (Lipinski definition) is 2. The molecule has 0 fully saturated rings. The molecule has 0 spiro atoms. The lowest BCUT2D eigenvalue weighted by Crippen LogP contribution is -1.93. The zero-order valence-electron chi connectivity index (χ0n) is 10.2. The molecule has 0 saturated carbocycles. The number of benzene rings is 2. The van der Waals surface area contributed by atoms with Crippen molar-refractivity contribution in [2.75, 3.05) is 6.61 Å². The molecule has 2 aromatic rings. The van der Waals surface area contributed by atoms with Crippen molar-refractivity contribution in [1.29, 1.82) is 5.39 Å². The second-order valence-corrected chi connectivity index (χ2v) is 4.75. The van der Waals surface area contributed by atoms with E-state index >= 15 is 0 Å². The van der Waals surface area contributed by atoms with Gasteiger partial charge in [0.1, 0.15) is 6.61 Å². The van der Waals surface area contributed by atoms with Crippen LogP contribution in [-0.4, -0.2) is 6.61 Å². The van der Waals surface area contributed by atoms with E-state index in [9.17, 15) is 0 Å². The monoisotopic (exact) mass is 315 g/mol. The molecule has 0 atom stereocenters. The van der Waals surface area contributed by atoms with E-state index in [2.05, 4.69) is 20.9 Å². The molecule has 2 aromatic carbocycles. The largest absolute Gasteiger partial charge is 0.482 e. The highest BCUT2D eigenvalue weighted by molar-refractivity contribution is 9.10. The van der Waals surface area contributed by atoms with E-state index in [4.69, 9.17) is 10.1 Å². The van der Waals surface area contributed by atoms with E-state index in [0.717, 1.165) is 10.0 Å². The van der Waals surface area contributed by atoms with Crippen molar-refractivity contribution in [3.8, 4) is 5.75 Å². The van der Waals surface area contributed by atoms with Gasteiger partial charge in [-0.1, -0.05) is 52.3 Å². The molecule has 0 unspecified atom stereocenters. The summed E-state index contributed by atoms with van der Waals surface area (Å²) in [6, 6.07) is 15.3. The molecule has 0 aliphatic rings. The SMILES string of the molecule is N#[N+]c1cc(Br)ccc1OC/C=C/c1ccccc1. The summed E-state index contributed by atoms with van der Waals surface area (Å²) in [6.45, 7) is 0.416. The molecular formula is C15H12BrN2O+. The topological polar surface area (TPSA) is 37.4 Å². The van der Waals surface area contributed by atoms with Gasteiger partial charge >= 0.3 is 5.69 Å². The van der Waals surface area contributed by atoms with Crippen LogP contribution in [0.1, 0.15) is 5.56 Å². The van der Waals surface area contributed by atoms with E-state index in [1.807, 2.05) is 48.6 Å². The summed E-state index contributed by atoms with van der Waals surface area (Å²) in [6.07, 6.45) is 3.90. The number of halogens is 1. The van der Waals surface area contributed by atoms with Gasteiger partial charge < -0.3 is 4.74 Å². The molecule has 0 heterocycles. The molecule has 0 N–H and O–H groups in total. The zero-order chi connectivity index (χ0) is 13.5. The van der Waals surface area contributed by atoms with Gasteiger partial charge in [0.25, 0.3) is 0 Å². The lowest BCUT2D eigenvalue weighted by molar-refractivity contribution is 0.366. The minimum absolute atomic E-state index is 0.405. The quantitative estimate of drug-likeness (QED) is 0.742. The first kappa shape index (κ1) is 13.3. The van der Waals surface area contributed by atoms with Crippen LogP contribution >= 0.6 is 15.9 Å². The van der Waals surface area contributed by atoms with Crippen molar-refractivity contribution in [3.63, 3.8) is 0 Å². The summed E-state index contributed by atoms with van der Waals surface area (Å²) in [5, 5.41) is 8.88. The third-order valence-electron chi connectivity index (χ3n) is 2.47. The minimum atomic E-state index is 0.405.